The highest BCUT2D eigenvalue weighted by atomic mass is 32.2. The van der Waals surface area contributed by atoms with Gasteiger partial charge in [-0.25, -0.2) is 4.98 Å². The SMILES string of the molecule is NC(=O)C[C@H](NC(=O)c1ccc2ccccc2n1)C(=O)NCCCN(OC1CCCC1)Sc1cccc(N)c1. The molecule has 0 saturated heterocycles. The summed E-state index contributed by atoms with van der Waals surface area (Å²) in [5.41, 5.74) is 12.8. The van der Waals surface area contributed by atoms with Crippen LogP contribution in [0, 0.1) is 0 Å². The minimum atomic E-state index is -1.12. The molecule has 6 N–H and O–H groups in total. The lowest BCUT2D eigenvalue weighted by Crippen LogP contribution is -2.49. The normalized spacial score (nSPS) is 14.4. The van der Waals surface area contributed by atoms with Crippen LogP contribution in [0.5, 0.6) is 0 Å². The van der Waals surface area contributed by atoms with Crippen molar-refractivity contribution in [2.45, 2.75) is 55.6 Å². The van der Waals surface area contributed by atoms with E-state index in [1.807, 2.05) is 46.9 Å². The average molecular weight is 551 g/mol. The Hall–Kier alpha value is -3.67. The summed E-state index contributed by atoms with van der Waals surface area (Å²) in [4.78, 5) is 48.9. The van der Waals surface area contributed by atoms with E-state index < -0.39 is 23.8 Å². The van der Waals surface area contributed by atoms with Crippen molar-refractivity contribution in [1.29, 1.82) is 0 Å². The molecule has 0 aliphatic heterocycles. The summed E-state index contributed by atoms with van der Waals surface area (Å²) in [6, 6.07) is 17.2. The summed E-state index contributed by atoms with van der Waals surface area (Å²) in [6.07, 6.45) is 4.77. The lowest BCUT2D eigenvalue weighted by atomic mass is 10.1. The van der Waals surface area contributed by atoms with Crippen molar-refractivity contribution in [3.8, 4) is 0 Å². The fraction of sp³-hybridized carbons (Fsp3) is 0.357. The minimum Gasteiger partial charge on any atom is -0.399 e. The molecule has 4 rings (SSSR count). The molecule has 0 radical (unpaired) electrons. The van der Waals surface area contributed by atoms with Crippen molar-refractivity contribution in [2.24, 2.45) is 5.73 Å². The van der Waals surface area contributed by atoms with Crippen molar-refractivity contribution < 1.29 is 19.2 Å². The Bertz CT molecular complexity index is 1300. The highest BCUT2D eigenvalue weighted by Gasteiger charge is 2.24. The van der Waals surface area contributed by atoms with Gasteiger partial charge in [0.05, 0.1) is 18.0 Å². The molecule has 10 nitrogen and oxygen atoms in total. The van der Waals surface area contributed by atoms with E-state index in [-0.39, 0.29) is 18.2 Å². The van der Waals surface area contributed by atoms with Crippen LogP contribution in [0.1, 0.15) is 49.0 Å². The number of nitrogens with two attached hydrogens (primary N) is 2. The van der Waals surface area contributed by atoms with Crippen LogP contribution in [0.15, 0.2) is 65.6 Å². The average Bonchev–Trinajstić information content (AvgIpc) is 3.43. The number of nitrogens with zero attached hydrogens (tertiary/aromatic N) is 2. The molecule has 1 atom stereocenters. The van der Waals surface area contributed by atoms with Crippen molar-refractivity contribution in [2.75, 3.05) is 18.8 Å². The highest BCUT2D eigenvalue weighted by Crippen LogP contribution is 2.29. The fourth-order valence-corrected chi connectivity index (χ4v) is 5.30. The highest BCUT2D eigenvalue weighted by molar-refractivity contribution is 7.96. The molecule has 206 valence electrons. The van der Waals surface area contributed by atoms with Crippen LogP contribution in [0.3, 0.4) is 0 Å². The number of carbonyl (C=O) groups excluding carboxylic acids is 3. The Labute approximate surface area is 231 Å². The smallest absolute Gasteiger partial charge is 0.270 e. The van der Waals surface area contributed by atoms with Crippen LogP contribution in [-0.4, -0.2) is 52.4 Å². The Morgan fingerprint density at radius 2 is 1.87 bits per heavy atom. The number of hydrogen-bond donors (Lipinski definition) is 4. The van der Waals surface area contributed by atoms with Crippen LogP contribution in [0.25, 0.3) is 10.9 Å². The van der Waals surface area contributed by atoms with Gasteiger partial charge in [0.1, 0.15) is 11.7 Å². The van der Waals surface area contributed by atoms with Gasteiger partial charge in [-0.05, 0) is 61.5 Å². The molecular formula is C28H34N6O4S. The zero-order valence-corrected chi connectivity index (χ0v) is 22.5. The third-order valence-electron chi connectivity index (χ3n) is 6.31. The minimum absolute atomic E-state index is 0.147. The summed E-state index contributed by atoms with van der Waals surface area (Å²) in [5.74, 6) is -1.75. The number of amides is 3. The molecule has 3 amide bonds. The Morgan fingerprint density at radius 1 is 1.08 bits per heavy atom. The fourth-order valence-electron chi connectivity index (χ4n) is 4.35. The molecule has 1 fully saturated rings. The molecule has 0 unspecified atom stereocenters. The first kappa shape index (κ1) is 28.3. The summed E-state index contributed by atoms with van der Waals surface area (Å²) >= 11 is 1.46. The summed E-state index contributed by atoms with van der Waals surface area (Å²) in [6.45, 7) is 0.865. The standard InChI is InChI=1S/C28H34N6O4S/c29-20-8-5-11-22(17-20)39-34(38-21-9-2-3-10-21)16-6-15-31-27(36)25(18-26(30)35)33-28(37)24-14-13-19-7-1-4-12-23(19)32-24/h1,4-5,7-8,11-14,17,21,25H,2-3,6,9-10,15-16,18,29H2,(H2,30,35)(H,31,36)(H,33,37)/t25-/m0/s1. The van der Waals surface area contributed by atoms with Gasteiger partial charge in [-0.1, -0.05) is 43.2 Å². The molecule has 1 heterocycles. The quantitative estimate of drug-likeness (QED) is 0.110. The zero-order valence-electron chi connectivity index (χ0n) is 21.7. The van der Waals surface area contributed by atoms with Gasteiger partial charge in [0.2, 0.25) is 11.8 Å². The lowest BCUT2D eigenvalue weighted by Gasteiger charge is -2.24. The molecule has 39 heavy (non-hydrogen) atoms. The number of anilines is 1. The number of nitrogen functional groups attached to an aromatic ring is 1. The topological polar surface area (TPSA) is 153 Å². The summed E-state index contributed by atoms with van der Waals surface area (Å²) < 4.78 is 1.84. The molecule has 1 aliphatic rings. The van der Waals surface area contributed by atoms with E-state index in [9.17, 15) is 14.4 Å². The van der Waals surface area contributed by atoms with E-state index in [0.29, 0.717) is 30.7 Å². The Morgan fingerprint density at radius 3 is 2.64 bits per heavy atom. The summed E-state index contributed by atoms with van der Waals surface area (Å²) in [7, 11) is 0. The second-order valence-corrected chi connectivity index (χ2v) is 10.5. The van der Waals surface area contributed by atoms with Crippen LogP contribution in [0.4, 0.5) is 5.69 Å². The Balaban J connectivity index is 1.31. The first-order valence-electron chi connectivity index (χ1n) is 13.1. The van der Waals surface area contributed by atoms with Gasteiger partial charge in [0, 0.05) is 29.1 Å². The molecular weight excluding hydrogens is 516 g/mol. The number of aromatic nitrogens is 1. The maximum absolute atomic E-state index is 12.9. The number of primary amides is 1. The molecule has 11 heteroatoms. The number of hydrogen-bond acceptors (Lipinski definition) is 8. The van der Waals surface area contributed by atoms with Gasteiger partial charge in [-0.3, -0.25) is 19.2 Å². The molecule has 3 aromatic rings. The summed E-state index contributed by atoms with van der Waals surface area (Å²) in [5, 5.41) is 6.29. The molecule has 0 bridgehead atoms. The molecule has 0 spiro atoms. The van der Waals surface area contributed by atoms with Crippen LogP contribution in [-0.2, 0) is 14.4 Å². The largest absolute Gasteiger partial charge is 0.399 e. The van der Waals surface area contributed by atoms with Gasteiger partial charge in [0.25, 0.3) is 5.91 Å². The predicted octanol–water partition coefficient (Wildman–Crippen LogP) is 3.18. The molecule has 1 saturated carbocycles. The van der Waals surface area contributed by atoms with Gasteiger partial charge in [0.15, 0.2) is 0 Å². The maximum Gasteiger partial charge on any atom is 0.270 e. The van der Waals surface area contributed by atoms with E-state index in [2.05, 4.69) is 15.6 Å². The van der Waals surface area contributed by atoms with Crippen LogP contribution in [0.2, 0.25) is 0 Å². The predicted molar refractivity (Wildman–Crippen MR) is 151 cm³/mol. The monoisotopic (exact) mass is 550 g/mol. The van der Waals surface area contributed by atoms with Crippen LogP contribution < -0.4 is 22.1 Å². The van der Waals surface area contributed by atoms with Crippen molar-refractivity contribution in [3.63, 3.8) is 0 Å². The number of benzene rings is 2. The van der Waals surface area contributed by atoms with E-state index in [4.69, 9.17) is 16.3 Å². The maximum atomic E-state index is 12.9. The number of fused-ring (bicyclic) bond motifs is 1. The van der Waals surface area contributed by atoms with E-state index in [1.54, 1.807) is 18.2 Å². The van der Waals surface area contributed by atoms with Crippen molar-refractivity contribution in [3.05, 3.63) is 66.4 Å². The van der Waals surface area contributed by atoms with Gasteiger partial charge in [-0.2, -0.15) is 0 Å². The molecule has 1 aliphatic carbocycles. The van der Waals surface area contributed by atoms with E-state index in [1.165, 1.54) is 11.9 Å². The molecule has 1 aromatic heterocycles. The van der Waals surface area contributed by atoms with Crippen molar-refractivity contribution in [1.82, 2.24) is 20.1 Å². The lowest BCUT2D eigenvalue weighted by molar-refractivity contribution is -0.128. The number of rotatable bonds is 13. The number of nitrogens with one attached hydrogen (secondary N) is 2. The number of para-hydroxylation sites is 1. The first-order chi connectivity index (χ1) is 18.9. The second kappa shape index (κ2) is 13.9. The number of pyridine rings is 1. The van der Waals surface area contributed by atoms with E-state index >= 15 is 0 Å². The molecule has 2 aromatic carbocycles. The first-order valence-corrected chi connectivity index (χ1v) is 13.9. The van der Waals surface area contributed by atoms with E-state index in [0.717, 1.165) is 36.0 Å². The van der Waals surface area contributed by atoms with Gasteiger partial charge < -0.3 is 22.1 Å². The number of carbonyl (C=O) groups is 3. The third-order valence-corrected chi connectivity index (χ3v) is 7.25. The van der Waals surface area contributed by atoms with Gasteiger partial charge in [-0.15, -0.1) is 4.47 Å². The third kappa shape index (κ3) is 8.67. The van der Waals surface area contributed by atoms with Crippen LogP contribution >= 0.6 is 11.9 Å². The van der Waals surface area contributed by atoms with Crippen molar-refractivity contribution >= 4 is 46.3 Å². The second-order valence-electron chi connectivity index (χ2n) is 9.46. The zero-order chi connectivity index (χ0) is 27.6. The Kier molecular flexibility index (Phi) is 10.1. The van der Waals surface area contributed by atoms with Gasteiger partial charge >= 0.3 is 0 Å². The number of hydroxylamine groups is 1.